The molecule has 1 aliphatic heterocycles. The molecule has 136 valence electrons. The molecule has 1 N–H and O–H groups in total. The molecule has 2 aromatic rings. The summed E-state index contributed by atoms with van der Waals surface area (Å²) in [5.74, 6) is 0. The maximum atomic E-state index is 10.9. The molecule has 1 fully saturated rings. The Morgan fingerprint density at radius 1 is 1.24 bits per heavy atom. The van der Waals surface area contributed by atoms with Crippen LogP contribution in [0.25, 0.3) is 5.69 Å². The molecule has 0 spiro atoms. The lowest BCUT2D eigenvalue weighted by molar-refractivity contribution is -0.0479. The van der Waals surface area contributed by atoms with E-state index in [0.29, 0.717) is 0 Å². The van der Waals surface area contributed by atoms with Gasteiger partial charge in [-0.2, -0.15) is 5.10 Å². The number of hydrogen-bond donors (Lipinski definition) is 1. The molecule has 1 unspecified atom stereocenters. The first-order valence-electron chi connectivity index (χ1n) is 9.07. The van der Waals surface area contributed by atoms with Gasteiger partial charge in [0.25, 0.3) is 0 Å². The Balaban J connectivity index is 1.73. The van der Waals surface area contributed by atoms with Crippen molar-refractivity contribution < 1.29 is 5.11 Å². The number of piperidine rings is 1. The molecule has 2 heterocycles. The van der Waals surface area contributed by atoms with Crippen molar-refractivity contribution in [1.29, 1.82) is 0 Å². The fraction of sp³-hybridized carbons (Fsp3) is 0.550. The van der Waals surface area contributed by atoms with Crippen LogP contribution >= 0.6 is 0 Å². The summed E-state index contributed by atoms with van der Waals surface area (Å²) in [5, 5.41) is 15.4. The highest BCUT2D eigenvalue weighted by Gasteiger charge is 2.33. The molecule has 5 nitrogen and oxygen atoms in total. The van der Waals surface area contributed by atoms with E-state index in [1.54, 1.807) is 0 Å². The Hall–Kier alpha value is -1.69. The first-order chi connectivity index (χ1) is 11.8. The Morgan fingerprint density at radius 3 is 2.72 bits per heavy atom. The van der Waals surface area contributed by atoms with Gasteiger partial charge in [-0.3, -0.25) is 4.90 Å². The first kappa shape index (κ1) is 18.1. The van der Waals surface area contributed by atoms with Gasteiger partial charge in [0, 0.05) is 25.3 Å². The van der Waals surface area contributed by atoms with Gasteiger partial charge >= 0.3 is 0 Å². The van der Waals surface area contributed by atoms with Gasteiger partial charge < -0.3 is 10.0 Å². The highest BCUT2D eigenvalue weighted by molar-refractivity contribution is 5.37. The molecule has 0 saturated carbocycles. The zero-order chi connectivity index (χ0) is 18.0. The van der Waals surface area contributed by atoms with Crippen LogP contribution in [0.3, 0.4) is 0 Å². The maximum Gasteiger partial charge on any atom is 0.0900 e. The Labute approximate surface area is 150 Å². The SMILES string of the molecule is Cc1cc(C)n(-c2cccc(CN3CCCC(O)(CN(C)C)C3)c2)n1. The van der Waals surface area contributed by atoms with Crippen LogP contribution < -0.4 is 0 Å². The molecule has 25 heavy (non-hydrogen) atoms. The third-order valence-corrected chi connectivity index (χ3v) is 4.82. The average molecular weight is 342 g/mol. The number of hydrogen-bond acceptors (Lipinski definition) is 4. The number of likely N-dealkylation sites (N-methyl/N-ethyl adjacent to an activating group) is 1. The van der Waals surface area contributed by atoms with E-state index < -0.39 is 5.60 Å². The quantitative estimate of drug-likeness (QED) is 0.906. The summed E-state index contributed by atoms with van der Waals surface area (Å²) in [6.45, 7) is 7.46. The zero-order valence-corrected chi connectivity index (χ0v) is 15.9. The van der Waals surface area contributed by atoms with Gasteiger partial charge in [0.15, 0.2) is 0 Å². The van der Waals surface area contributed by atoms with E-state index in [2.05, 4.69) is 52.2 Å². The molecule has 3 rings (SSSR count). The molecule has 0 aliphatic carbocycles. The Morgan fingerprint density at radius 2 is 2.04 bits per heavy atom. The average Bonchev–Trinajstić information content (AvgIpc) is 2.85. The zero-order valence-electron chi connectivity index (χ0n) is 15.9. The second kappa shape index (κ2) is 7.28. The van der Waals surface area contributed by atoms with Gasteiger partial charge in [-0.25, -0.2) is 4.68 Å². The second-order valence-electron chi connectivity index (χ2n) is 7.79. The van der Waals surface area contributed by atoms with Crippen molar-refractivity contribution >= 4 is 0 Å². The standard InChI is InChI=1S/C20H30N4O/c1-16-11-17(2)24(21-16)19-8-5-7-18(12-19)13-23-10-6-9-20(25,15-23)14-22(3)4/h5,7-8,11-12,25H,6,9-10,13-15H2,1-4H3. The smallest absolute Gasteiger partial charge is 0.0900 e. The van der Waals surface area contributed by atoms with Crippen molar-refractivity contribution in [3.05, 3.63) is 47.3 Å². The normalized spacial score (nSPS) is 21.8. The van der Waals surface area contributed by atoms with Crippen LogP contribution in [0.4, 0.5) is 0 Å². The molecule has 0 radical (unpaired) electrons. The van der Waals surface area contributed by atoms with E-state index in [9.17, 15) is 5.11 Å². The van der Waals surface area contributed by atoms with Gasteiger partial charge in [0.1, 0.15) is 0 Å². The summed E-state index contributed by atoms with van der Waals surface area (Å²) >= 11 is 0. The molecule has 5 heteroatoms. The molecule has 1 atom stereocenters. The maximum absolute atomic E-state index is 10.9. The number of aryl methyl sites for hydroxylation is 2. The molecule has 1 aromatic heterocycles. The van der Waals surface area contributed by atoms with Crippen LogP contribution in [-0.4, -0.2) is 64.0 Å². The number of nitrogens with zero attached hydrogens (tertiary/aromatic N) is 4. The van der Waals surface area contributed by atoms with Crippen LogP contribution in [0.15, 0.2) is 30.3 Å². The van der Waals surface area contributed by atoms with Gasteiger partial charge in [-0.1, -0.05) is 12.1 Å². The monoisotopic (exact) mass is 342 g/mol. The molecule has 0 bridgehead atoms. The van der Waals surface area contributed by atoms with Crippen LogP contribution in [0, 0.1) is 13.8 Å². The Kier molecular flexibility index (Phi) is 5.27. The second-order valence-corrected chi connectivity index (χ2v) is 7.79. The van der Waals surface area contributed by atoms with Crippen molar-refractivity contribution in [2.75, 3.05) is 33.7 Å². The summed E-state index contributed by atoms with van der Waals surface area (Å²) < 4.78 is 2.00. The van der Waals surface area contributed by atoms with E-state index in [0.717, 1.165) is 56.1 Å². The third-order valence-electron chi connectivity index (χ3n) is 4.82. The predicted octanol–water partition coefficient (Wildman–Crippen LogP) is 2.38. The largest absolute Gasteiger partial charge is 0.387 e. The van der Waals surface area contributed by atoms with Crippen LogP contribution in [0.1, 0.15) is 29.8 Å². The highest BCUT2D eigenvalue weighted by atomic mass is 16.3. The summed E-state index contributed by atoms with van der Waals surface area (Å²) in [4.78, 5) is 4.44. The highest BCUT2D eigenvalue weighted by Crippen LogP contribution is 2.24. The van der Waals surface area contributed by atoms with Crippen LogP contribution in [-0.2, 0) is 6.54 Å². The summed E-state index contributed by atoms with van der Waals surface area (Å²) in [5.41, 5.74) is 3.94. The van der Waals surface area contributed by atoms with Gasteiger partial charge in [-0.15, -0.1) is 0 Å². The minimum atomic E-state index is -0.602. The number of aliphatic hydroxyl groups is 1. The lowest BCUT2D eigenvalue weighted by Gasteiger charge is -2.40. The van der Waals surface area contributed by atoms with Crippen LogP contribution in [0.5, 0.6) is 0 Å². The van der Waals surface area contributed by atoms with E-state index >= 15 is 0 Å². The minimum Gasteiger partial charge on any atom is -0.387 e. The summed E-state index contributed by atoms with van der Waals surface area (Å²) in [6.07, 6.45) is 1.93. The number of benzene rings is 1. The molecule has 1 saturated heterocycles. The van der Waals surface area contributed by atoms with Crippen molar-refractivity contribution in [3.8, 4) is 5.69 Å². The van der Waals surface area contributed by atoms with Crippen molar-refractivity contribution in [2.45, 2.75) is 38.8 Å². The Bertz CT molecular complexity index is 724. The number of β-amino-alcohol motifs (C(OH)–C–C–N with tert-alkyl or cyclic N) is 1. The summed E-state index contributed by atoms with van der Waals surface area (Å²) in [7, 11) is 4.05. The summed E-state index contributed by atoms with van der Waals surface area (Å²) in [6, 6.07) is 10.7. The van der Waals surface area contributed by atoms with Gasteiger partial charge in [0.05, 0.1) is 17.0 Å². The van der Waals surface area contributed by atoms with Crippen molar-refractivity contribution in [3.63, 3.8) is 0 Å². The van der Waals surface area contributed by atoms with E-state index in [4.69, 9.17) is 0 Å². The predicted molar refractivity (Wildman–Crippen MR) is 101 cm³/mol. The third kappa shape index (κ3) is 4.48. The van der Waals surface area contributed by atoms with E-state index in [-0.39, 0.29) is 0 Å². The lowest BCUT2D eigenvalue weighted by atomic mass is 9.92. The number of aromatic nitrogens is 2. The van der Waals surface area contributed by atoms with Crippen LogP contribution in [0.2, 0.25) is 0 Å². The molecule has 1 aromatic carbocycles. The minimum absolute atomic E-state index is 0.602. The van der Waals surface area contributed by atoms with Crippen molar-refractivity contribution in [1.82, 2.24) is 19.6 Å². The van der Waals surface area contributed by atoms with Gasteiger partial charge in [0.2, 0.25) is 0 Å². The number of likely N-dealkylation sites (tertiary alicyclic amines) is 1. The molecule has 1 aliphatic rings. The molecule has 0 amide bonds. The lowest BCUT2D eigenvalue weighted by Crippen LogP contribution is -2.52. The fourth-order valence-electron chi connectivity index (χ4n) is 3.99. The van der Waals surface area contributed by atoms with E-state index in [1.807, 2.05) is 25.7 Å². The first-order valence-corrected chi connectivity index (χ1v) is 9.07. The molecular weight excluding hydrogens is 312 g/mol. The topological polar surface area (TPSA) is 44.5 Å². The van der Waals surface area contributed by atoms with Gasteiger partial charge in [-0.05, 0) is 71.1 Å². The van der Waals surface area contributed by atoms with E-state index in [1.165, 1.54) is 5.56 Å². The molecular formula is C20H30N4O. The fourth-order valence-corrected chi connectivity index (χ4v) is 3.99. The number of rotatable bonds is 5. The van der Waals surface area contributed by atoms with Crippen molar-refractivity contribution in [2.24, 2.45) is 0 Å².